The van der Waals surface area contributed by atoms with Gasteiger partial charge in [-0.3, -0.25) is 0 Å². The van der Waals surface area contributed by atoms with Gasteiger partial charge in [-0.1, -0.05) is 35.3 Å². The normalized spacial score (nSPS) is 11.7. The van der Waals surface area contributed by atoms with Crippen LogP contribution in [0.5, 0.6) is 0 Å². The van der Waals surface area contributed by atoms with Crippen LogP contribution in [0.15, 0.2) is 36.4 Å². The quantitative estimate of drug-likeness (QED) is 0.582. The number of halogens is 6. The largest absolute Gasteiger partial charge is 0.416 e. The van der Waals surface area contributed by atoms with Gasteiger partial charge in [-0.05, 0) is 24.3 Å². The first-order valence-corrected chi connectivity index (χ1v) is 5.87. The van der Waals surface area contributed by atoms with Crippen LogP contribution in [0, 0.1) is 5.82 Å². The van der Waals surface area contributed by atoms with E-state index in [9.17, 15) is 17.6 Å². The van der Waals surface area contributed by atoms with Crippen molar-refractivity contribution in [3.05, 3.63) is 57.8 Å². The molecule has 0 radical (unpaired) electrons. The van der Waals surface area contributed by atoms with E-state index in [-0.39, 0.29) is 21.2 Å². The van der Waals surface area contributed by atoms with Crippen molar-refractivity contribution >= 4 is 23.2 Å². The van der Waals surface area contributed by atoms with Gasteiger partial charge >= 0.3 is 6.18 Å². The van der Waals surface area contributed by atoms with Gasteiger partial charge in [0.25, 0.3) is 0 Å². The Labute approximate surface area is 116 Å². The van der Waals surface area contributed by atoms with Gasteiger partial charge in [0.2, 0.25) is 0 Å². The molecule has 2 aromatic rings. The first-order chi connectivity index (χ1) is 8.80. The summed E-state index contributed by atoms with van der Waals surface area (Å²) in [4.78, 5) is 0. The fourth-order valence-corrected chi connectivity index (χ4v) is 2.02. The van der Waals surface area contributed by atoms with Crippen molar-refractivity contribution in [2.45, 2.75) is 6.18 Å². The second kappa shape index (κ2) is 5.02. The third-order valence-electron chi connectivity index (χ3n) is 2.54. The van der Waals surface area contributed by atoms with Crippen molar-refractivity contribution in [1.29, 1.82) is 0 Å². The monoisotopic (exact) mass is 308 g/mol. The Hall–Kier alpha value is -1.26. The zero-order valence-corrected chi connectivity index (χ0v) is 10.7. The Balaban J connectivity index is 2.65. The van der Waals surface area contributed by atoms with Gasteiger partial charge in [0.1, 0.15) is 5.82 Å². The Bertz CT molecular complexity index is 621. The lowest BCUT2D eigenvalue weighted by molar-refractivity contribution is -0.137. The lowest BCUT2D eigenvalue weighted by Crippen LogP contribution is -2.05. The van der Waals surface area contributed by atoms with Gasteiger partial charge in [-0.2, -0.15) is 13.2 Å². The van der Waals surface area contributed by atoms with Gasteiger partial charge < -0.3 is 0 Å². The topological polar surface area (TPSA) is 0 Å². The smallest absolute Gasteiger partial charge is 0.206 e. The molecule has 0 unspecified atom stereocenters. The zero-order chi connectivity index (χ0) is 14.2. The lowest BCUT2D eigenvalue weighted by Gasteiger charge is -2.11. The molecule has 0 aromatic heterocycles. The molecule has 2 aromatic carbocycles. The minimum atomic E-state index is -4.55. The first-order valence-electron chi connectivity index (χ1n) is 5.12. The highest BCUT2D eigenvalue weighted by molar-refractivity contribution is 6.43. The third-order valence-corrected chi connectivity index (χ3v) is 3.35. The highest BCUT2D eigenvalue weighted by Gasteiger charge is 2.31. The van der Waals surface area contributed by atoms with Crippen molar-refractivity contribution < 1.29 is 17.6 Å². The molecule has 0 aliphatic rings. The summed E-state index contributed by atoms with van der Waals surface area (Å²) in [7, 11) is 0. The molecule has 0 amide bonds. The Morgan fingerprint density at radius 2 is 1.58 bits per heavy atom. The van der Waals surface area contributed by atoms with E-state index in [4.69, 9.17) is 23.2 Å². The van der Waals surface area contributed by atoms with Crippen molar-refractivity contribution in [2.24, 2.45) is 0 Å². The number of alkyl halides is 3. The standard InChI is InChI=1S/C13H6Cl2F4/c14-10-3-1-2-8(12(10)15)9-6-7(13(17,18)19)4-5-11(9)16/h1-6H. The highest BCUT2D eigenvalue weighted by Crippen LogP contribution is 2.38. The van der Waals surface area contributed by atoms with Gasteiger partial charge in [0.05, 0.1) is 15.6 Å². The molecule has 0 nitrogen and oxygen atoms in total. The van der Waals surface area contributed by atoms with E-state index in [1.807, 2.05) is 0 Å². The number of hydrogen-bond donors (Lipinski definition) is 0. The molecular formula is C13H6Cl2F4. The second-order valence-electron chi connectivity index (χ2n) is 3.79. The molecule has 0 aliphatic carbocycles. The molecule has 0 heterocycles. The van der Waals surface area contributed by atoms with E-state index in [0.29, 0.717) is 12.1 Å². The maximum absolute atomic E-state index is 13.7. The van der Waals surface area contributed by atoms with Crippen molar-refractivity contribution in [3.8, 4) is 11.1 Å². The molecule has 0 bridgehead atoms. The molecule has 0 N–H and O–H groups in total. The van der Waals surface area contributed by atoms with Gasteiger partial charge in [-0.15, -0.1) is 0 Å². The van der Waals surface area contributed by atoms with Crippen LogP contribution in [0.4, 0.5) is 17.6 Å². The SMILES string of the molecule is Fc1ccc(C(F)(F)F)cc1-c1cccc(Cl)c1Cl. The van der Waals surface area contributed by atoms with E-state index < -0.39 is 17.6 Å². The summed E-state index contributed by atoms with van der Waals surface area (Å²) in [6.45, 7) is 0. The molecule has 0 aliphatic heterocycles. The van der Waals surface area contributed by atoms with Gasteiger partial charge in [0, 0.05) is 11.1 Å². The van der Waals surface area contributed by atoms with Crippen LogP contribution in [0.2, 0.25) is 10.0 Å². The van der Waals surface area contributed by atoms with Crippen LogP contribution in [0.3, 0.4) is 0 Å². The first kappa shape index (κ1) is 14.2. The summed E-state index contributed by atoms with van der Waals surface area (Å²) < 4.78 is 51.5. The molecule has 2 rings (SSSR count). The van der Waals surface area contributed by atoms with Crippen LogP contribution in [0.25, 0.3) is 11.1 Å². The van der Waals surface area contributed by atoms with E-state index in [0.717, 1.165) is 6.07 Å². The average molecular weight is 309 g/mol. The number of hydrogen-bond acceptors (Lipinski definition) is 0. The Morgan fingerprint density at radius 3 is 2.21 bits per heavy atom. The average Bonchev–Trinajstić information content (AvgIpc) is 2.32. The van der Waals surface area contributed by atoms with Crippen molar-refractivity contribution in [1.82, 2.24) is 0 Å². The summed E-state index contributed by atoms with van der Waals surface area (Å²) in [6.07, 6.45) is -4.55. The highest BCUT2D eigenvalue weighted by atomic mass is 35.5. The molecule has 0 saturated heterocycles. The van der Waals surface area contributed by atoms with E-state index >= 15 is 0 Å². The second-order valence-corrected chi connectivity index (χ2v) is 4.58. The Morgan fingerprint density at radius 1 is 0.895 bits per heavy atom. The molecule has 0 fully saturated rings. The molecular weight excluding hydrogens is 303 g/mol. The molecule has 6 heteroatoms. The minimum Gasteiger partial charge on any atom is -0.206 e. The van der Waals surface area contributed by atoms with Crippen LogP contribution in [-0.4, -0.2) is 0 Å². The molecule has 19 heavy (non-hydrogen) atoms. The van der Waals surface area contributed by atoms with Crippen molar-refractivity contribution in [2.75, 3.05) is 0 Å². The fourth-order valence-electron chi connectivity index (χ4n) is 1.62. The summed E-state index contributed by atoms with van der Waals surface area (Å²) in [5.74, 6) is -0.794. The number of rotatable bonds is 1. The predicted octanol–water partition coefficient (Wildman–Crippen LogP) is 5.82. The molecule has 0 saturated carbocycles. The summed E-state index contributed by atoms with van der Waals surface area (Å²) >= 11 is 11.7. The minimum absolute atomic E-state index is 0.0161. The third kappa shape index (κ3) is 2.85. The van der Waals surface area contributed by atoms with Crippen LogP contribution in [0.1, 0.15) is 5.56 Å². The molecule has 0 atom stereocenters. The van der Waals surface area contributed by atoms with Gasteiger partial charge in [-0.25, -0.2) is 4.39 Å². The van der Waals surface area contributed by atoms with Crippen LogP contribution in [-0.2, 0) is 6.18 Å². The predicted molar refractivity (Wildman–Crippen MR) is 66.9 cm³/mol. The maximum atomic E-state index is 13.7. The maximum Gasteiger partial charge on any atom is 0.416 e. The van der Waals surface area contributed by atoms with Gasteiger partial charge in [0.15, 0.2) is 0 Å². The lowest BCUT2D eigenvalue weighted by atomic mass is 10.0. The van der Waals surface area contributed by atoms with Crippen LogP contribution < -0.4 is 0 Å². The molecule has 100 valence electrons. The van der Waals surface area contributed by atoms with Crippen LogP contribution >= 0.6 is 23.2 Å². The fraction of sp³-hybridized carbons (Fsp3) is 0.0769. The molecule has 0 spiro atoms. The van der Waals surface area contributed by atoms with E-state index in [1.54, 1.807) is 0 Å². The summed E-state index contributed by atoms with van der Waals surface area (Å²) in [6, 6.07) is 6.52. The Kier molecular flexibility index (Phi) is 3.74. The van der Waals surface area contributed by atoms with E-state index in [2.05, 4.69) is 0 Å². The summed E-state index contributed by atoms with van der Waals surface area (Å²) in [5, 5.41) is 0.165. The summed E-state index contributed by atoms with van der Waals surface area (Å²) in [5.41, 5.74) is -1.06. The van der Waals surface area contributed by atoms with Crippen molar-refractivity contribution in [3.63, 3.8) is 0 Å². The zero-order valence-electron chi connectivity index (χ0n) is 9.23. The van der Waals surface area contributed by atoms with E-state index in [1.165, 1.54) is 18.2 Å². The number of benzene rings is 2.